The molecule has 0 aliphatic carbocycles. The van der Waals surface area contributed by atoms with E-state index in [2.05, 4.69) is 4.90 Å². The van der Waals surface area contributed by atoms with Crippen molar-refractivity contribution in [2.24, 2.45) is 5.92 Å². The summed E-state index contributed by atoms with van der Waals surface area (Å²) in [6, 6.07) is 0. The molecular formula is C9H18INO2. The highest BCUT2D eigenvalue weighted by atomic mass is 127. The number of ether oxygens (including phenoxy) is 1. The van der Waals surface area contributed by atoms with Crippen molar-refractivity contribution in [2.75, 3.05) is 40.0 Å². The Morgan fingerprint density at radius 3 is 2.62 bits per heavy atom. The van der Waals surface area contributed by atoms with E-state index in [9.17, 15) is 0 Å². The Balaban J connectivity index is 2.08. The minimum absolute atomic E-state index is 0.774. The number of piperidine rings is 1. The summed E-state index contributed by atoms with van der Waals surface area (Å²) in [7, 11) is 1.76. The molecule has 1 aliphatic heterocycles. The van der Waals surface area contributed by atoms with Gasteiger partial charge in [-0.25, -0.2) is 0 Å². The third-order valence-electron chi connectivity index (χ3n) is 2.62. The van der Waals surface area contributed by atoms with E-state index < -0.39 is 0 Å². The van der Waals surface area contributed by atoms with Crippen molar-refractivity contribution in [3.8, 4) is 0 Å². The van der Waals surface area contributed by atoms with Gasteiger partial charge in [0.15, 0.2) is 0 Å². The third-order valence-corrected chi connectivity index (χ3v) is 2.98. The van der Waals surface area contributed by atoms with E-state index in [1.807, 2.05) is 23.0 Å². The molecule has 4 heteroatoms. The van der Waals surface area contributed by atoms with Crippen LogP contribution in [0.4, 0.5) is 0 Å². The standard InChI is InChI=1S/C9H18INO2/c1-12-7-6-11-4-2-9(3-5-11)8-13-10/h9H,2-8H2,1H3. The van der Waals surface area contributed by atoms with Gasteiger partial charge in [-0.05, 0) is 31.8 Å². The van der Waals surface area contributed by atoms with Crippen LogP contribution in [-0.4, -0.2) is 44.9 Å². The molecule has 0 aromatic rings. The smallest absolute Gasteiger partial charge is 0.109 e. The van der Waals surface area contributed by atoms with Crippen molar-refractivity contribution in [3.05, 3.63) is 0 Å². The fourth-order valence-electron chi connectivity index (χ4n) is 1.69. The number of halogens is 1. The summed E-state index contributed by atoms with van der Waals surface area (Å²) < 4.78 is 10.2. The number of methoxy groups -OCH3 is 1. The molecule has 0 aromatic carbocycles. The van der Waals surface area contributed by atoms with Crippen molar-refractivity contribution in [2.45, 2.75) is 12.8 Å². The van der Waals surface area contributed by atoms with Crippen LogP contribution in [0, 0.1) is 5.92 Å². The van der Waals surface area contributed by atoms with Crippen LogP contribution in [0.3, 0.4) is 0 Å². The first kappa shape index (κ1) is 11.7. The first-order chi connectivity index (χ1) is 6.36. The Hall–Kier alpha value is 0.610. The second kappa shape index (κ2) is 6.98. The summed E-state index contributed by atoms with van der Waals surface area (Å²) in [4.78, 5) is 2.47. The van der Waals surface area contributed by atoms with E-state index in [1.54, 1.807) is 7.11 Å². The third kappa shape index (κ3) is 4.58. The van der Waals surface area contributed by atoms with Crippen LogP contribution in [0.2, 0.25) is 0 Å². The van der Waals surface area contributed by atoms with Crippen molar-refractivity contribution in [3.63, 3.8) is 0 Å². The second-order valence-corrected chi connectivity index (χ2v) is 4.18. The van der Waals surface area contributed by atoms with Crippen molar-refractivity contribution < 1.29 is 7.80 Å². The van der Waals surface area contributed by atoms with E-state index in [0.717, 1.165) is 25.7 Å². The lowest BCUT2D eigenvalue weighted by molar-refractivity contribution is 0.111. The zero-order valence-corrected chi connectivity index (χ0v) is 10.3. The van der Waals surface area contributed by atoms with Gasteiger partial charge in [-0.2, -0.15) is 0 Å². The van der Waals surface area contributed by atoms with Crippen LogP contribution >= 0.6 is 23.0 Å². The zero-order valence-electron chi connectivity index (χ0n) is 8.17. The molecule has 1 fully saturated rings. The molecule has 13 heavy (non-hydrogen) atoms. The molecule has 3 nitrogen and oxygen atoms in total. The maximum absolute atomic E-state index is 5.12. The second-order valence-electron chi connectivity index (χ2n) is 3.55. The van der Waals surface area contributed by atoms with Gasteiger partial charge >= 0.3 is 0 Å². The molecule has 78 valence electrons. The minimum atomic E-state index is 0.774. The Kier molecular flexibility index (Phi) is 6.27. The van der Waals surface area contributed by atoms with Crippen LogP contribution in [0.15, 0.2) is 0 Å². The molecule has 0 saturated carbocycles. The van der Waals surface area contributed by atoms with E-state index in [0.29, 0.717) is 0 Å². The van der Waals surface area contributed by atoms with Crippen molar-refractivity contribution >= 4 is 23.0 Å². The van der Waals surface area contributed by atoms with Gasteiger partial charge in [0.2, 0.25) is 0 Å². The first-order valence-corrected chi connectivity index (χ1v) is 5.69. The lowest BCUT2D eigenvalue weighted by atomic mass is 9.98. The van der Waals surface area contributed by atoms with Crippen LogP contribution in [0.25, 0.3) is 0 Å². The monoisotopic (exact) mass is 299 g/mol. The fraction of sp³-hybridized carbons (Fsp3) is 1.00. The normalized spacial score (nSPS) is 20.8. The highest BCUT2D eigenvalue weighted by molar-refractivity contribution is 14.1. The number of likely N-dealkylation sites (tertiary alicyclic amines) is 1. The van der Waals surface area contributed by atoms with Crippen LogP contribution in [-0.2, 0) is 7.80 Å². The quantitative estimate of drug-likeness (QED) is 0.722. The van der Waals surface area contributed by atoms with Crippen molar-refractivity contribution in [1.29, 1.82) is 0 Å². The average Bonchev–Trinajstić information content (AvgIpc) is 2.17. The molecule has 1 heterocycles. The maximum Gasteiger partial charge on any atom is 0.109 e. The summed E-state index contributed by atoms with van der Waals surface area (Å²) in [5.41, 5.74) is 0. The molecule has 0 N–H and O–H groups in total. The Bertz CT molecular complexity index is 127. The average molecular weight is 299 g/mol. The predicted octanol–water partition coefficient (Wildman–Crippen LogP) is 1.71. The van der Waals surface area contributed by atoms with Gasteiger partial charge in [-0.1, -0.05) is 0 Å². The molecule has 0 bridgehead atoms. The molecule has 1 rings (SSSR count). The lowest BCUT2D eigenvalue weighted by Gasteiger charge is -2.30. The first-order valence-electron chi connectivity index (χ1n) is 4.81. The molecule has 1 aliphatic rings. The number of nitrogens with zero attached hydrogens (tertiary/aromatic N) is 1. The largest absolute Gasteiger partial charge is 0.383 e. The van der Waals surface area contributed by atoms with Gasteiger partial charge in [0.25, 0.3) is 0 Å². The highest BCUT2D eigenvalue weighted by Crippen LogP contribution is 2.17. The predicted molar refractivity (Wildman–Crippen MR) is 61.0 cm³/mol. The molecule has 1 saturated heterocycles. The Morgan fingerprint density at radius 1 is 1.38 bits per heavy atom. The molecule has 0 spiro atoms. The fourth-order valence-corrected chi connectivity index (χ4v) is 2.19. The van der Waals surface area contributed by atoms with Crippen LogP contribution in [0.5, 0.6) is 0 Å². The zero-order chi connectivity index (χ0) is 9.52. The minimum Gasteiger partial charge on any atom is -0.383 e. The van der Waals surface area contributed by atoms with Gasteiger partial charge in [0.1, 0.15) is 23.0 Å². The maximum atomic E-state index is 5.12. The van der Waals surface area contributed by atoms with E-state index in [1.165, 1.54) is 25.9 Å². The van der Waals surface area contributed by atoms with Gasteiger partial charge in [0, 0.05) is 13.7 Å². The van der Waals surface area contributed by atoms with Gasteiger partial charge in [0.05, 0.1) is 13.2 Å². The van der Waals surface area contributed by atoms with Gasteiger partial charge in [-0.3, -0.25) is 0 Å². The molecule has 0 aromatic heterocycles. The topological polar surface area (TPSA) is 21.7 Å². The lowest BCUT2D eigenvalue weighted by Crippen LogP contribution is -2.36. The van der Waals surface area contributed by atoms with E-state index >= 15 is 0 Å². The number of hydrogen-bond acceptors (Lipinski definition) is 3. The highest BCUT2D eigenvalue weighted by Gasteiger charge is 2.18. The summed E-state index contributed by atoms with van der Waals surface area (Å²) in [6.45, 7) is 5.25. The Labute approximate surface area is 94.5 Å². The molecular weight excluding hydrogens is 281 g/mol. The molecule has 0 amide bonds. The summed E-state index contributed by atoms with van der Waals surface area (Å²) in [5.74, 6) is 0.774. The SMILES string of the molecule is COCCN1CCC(COI)CC1. The molecule has 0 unspecified atom stereocenters. The summed E-state index contributed by atoms with van der Waals surface area (Å²) >= 11 is 1.98. The van der Waals surface area contributed by atoms with E-state index in [4.69, 9.17) is 7.80 Å². The van der Waals surface area contributed by atoms with E-state index in [-0.39, 0.29) is 0 Å². The van der Waals surface area contributed by atoms with Crippen LogP contribution < -0.4 is 0 Å². The van der Waals surface area contributed by atoms with Gasteiger partial charge in [-0.15, -0.1) is 0 Å². The van der Waals surface area contributed by atoms with Crippen molar-refractivity contribution in [1.82, 2.24) is 4.90 Å². The Morgan fingerprint density at radius 2 is 2.08 bits per heavy atom. The number of hydrogen-bond donors (Lipinski definition) is 0. The van der Waals surface area contributed by atoms with Crippen LogP contribution in [0.1, 0.15) is 12.8 Å². The number of rotatable bonds is 5. The summed E-state index contributed by atoms with van der Waals surface area (Å²) in [6.07, 6.45) is 2.54. The molecule has 0 atom stereocenters. The summed E-state index contributed by atoms with van der Waals surface area (Å²) in [5, 5.41) is 0. The van der Waals surface area contributed by atoms with Gasteiger partial charge < -0.3 is 12.7 Å². The molecule has 0 radical (unpaired) electrons.